The molecule has 3 heterocycles. The van der Waals surface area contributed by atoms with E-state index in [1.807, 2.05) is 17.8 Å². The van der Waals surface area contributed by atoms with Gasteiger partial charge in [-0.05, 0) is 77.9 Å². The molecule has 0 radical (unpaired) electrons. The smallest absolute Gasteiger partial charge is 0.136 e. The van der Waals surface area contributed by atoms with Crippen molar-refractivity contribution in [2.45, 2.75) is 9.79 Å². The topological polar surface area (TPSA) is 29.3 Å². The average Bonchev–Trinajstić information content (AvgIpc) is 3.52. The molecule has 7 aromatic carbocycles. The number of para-hydroxylation sites is 3. The van der Waals surface area contributed by atoms with Crippen molar-refractivity contribution < 1.29 is 4.42 Å². The van der Waals surface area contributed by atoms with Gasteiger partial charge in [0.05, 0.1) is 22.6 Å². The van der Waals surface area contributed by atoms with E-state index in [1.165, 1.54) is 26.6 Å². The van der Waals surface area contributed by atoms with Crippen LogP contribution in [0.25, 0.3) is 66.0 Å². The molecule has 0 saturated carbocycles. The molecule has 0 atom stereocenters. The zero-order valence-electron chi connectivity index (χ0n) is 25.2. The molecule has 0 fully saturated rings. The van der Waals surface area contributed by atoms with Crippen LogP contribution in [0, 0.1) is 0 Å². The molecule has 0 bridgehead atoms. The third-order valence-corrected chi connectivity index (χ3v) is 10.3. The molecule has 1 aliphatic heterocycles. The summed E-state index contributed by atoms with van der Waals surface area (Å²) >= 11 is 1.83. The molecule has 0 aliphatic carbocycles. The van der Waals surface area contributed by atoms with E-state index >= 15 is 0 Å². The summed E-state index contributed by atoms with van der Waals surface area (Å²) in [5.41, 5.74) is 10.7. The summed E-state index contributed by atoms with van der Waals surface area (Å²) in [6.45, 7) is 0. The number of fused-ring (bicyclic) bond motifs is 9. The highest BCUT2D eigenvalue weighted by molar-refractivity contribution is 7.99. The molecule has 0 unspecified atom stereocenters. The largest absolute Gasteiger partial charge is 0.456 e. The quantitative estimate of drug-likeness (QED) is 0.184. The molecule has 2 aromatic heterocycles. The van der Waals surface area contributed by atoms with Crippen LogP contribution in [-0.4, -0.2) is 4.98 Å². The van der Waals surface area contributed by atoms with Gasteiger partial charge in [0.2, 0.25) is 0 Å². The summed E-state index contributed by atoms with van der Waals surface area (Å²) in [5.74, 6) is 0. The van der Waals surface area contributed by atoms with Crippen LogP contribution < -0.4 is 4.90 Å². The molecule has 47 heavy (non-hydrogen) atoms. The monoisotopic (exact) mass is 618 g/mol. The fraction of sp³-hybridized carbons (Fsp3) is 0. The number of furan rings is 1. The highest BCUT2D eigenvalue weighted by Gasteiger charge is 2.24. The van der Waals surface area contributed by atoms with Gasteiger partial charge in [0, 0.05) is 48.0 Å². The zero-order chi connectivity index (χ0) is 30.9. The first-order valence-electron chi connectivity index (χ1n) is 15.8. The molecule has 4 heteroatoms. The predicted molar refractivity (Wildman–Crippen MR) is 196 cm³/mol. The molecule has 10 rings (SSSR count). The minimum atomic E-state index is 0.880. The molecule has 0 saturated heterocycles. The Morgan fingerprint density at radius 2 is 1.15 bits per heavy atom. The van der Waals surface area contributed by atoms with Crippen molar-refractivity contribution in [2.24, 2.45) is 0 Å². The predicted octanol–water partition coefficient (Wildman–Crippen LogP) is 12.6. The van der Waals surface area contributed by atoms with Crippen molar-refractivity contribution in [3.63, 3.8) is 0 Å². The van der Waals surface area contributed by atoms with Crippen LogP contribution in [0.5, 0.6) is 0 Å². The standard InChI is InChI=1S/C43H26N2OS/c1-2-11-27(12-3-1)43-32-22-24-38-42(41(32)31-15-4-5-16-34(31)44-43)33-26-29(21-23-37(33)46-38)28-13-10-14-30(25-28)45-35-17-6-8-19-39(35)47-40-20-9-7-18-36(40)45/h1-26H. The lowest BCUT2D eigenvalue weighted by Gasteiger charge is -2.33. The van der Waals surface area contributed by atoms with Gasteiger partial charge in [-0.2, -0.15) is 0 Å². The van der Waals surface area contributed by atoms with Crippen LogP contribution in [0.1, 0.15) is 0 Å². The van der Waals surface area contributed by atoms with Crippen molar-refractivity contribution >= 4 is 72.4 Å². The fourth-order valence-electron chi connectivity index (χ4n) is 7.11. The van der Waals surface area contributed by atoms with E-state index in [1.54, 1.807) is 0 Å². The summed E-state index contributed by atoms with van der Waals surface area (Å²) in [7, 11) is 0. The van der Waals surface area contributed by atoms with Crippen LogP contribution in [-0.2, 0) is 0 Å². The van der Waals surface area contributed by atoms with Crippen molar-refractivity contribution in [2.75, 3.05) is 4.90 Å². The van der Waals surface area contributed by atoms with Gasteiger partial charge in [-0.15, -0.1) is 0 Å². The maximum absolute atomic E-state index is 6.51. The van der Waals surface area contributed by atoms with Crippen molar-refractivity contribution in [1.82, 2.24) is 4.98 Å². The van der Waals surface area contributed by atoms with Gasteiger partial charge in [0.15, 0.2) is 0 Å². The van der Waals surface area contributed by atoms with Crippen LogP contribution in [0.4, 0.5) is 17.1 Å². The molecule has 0 N–H and O–H groups in total. The number of benzene rings is 7. The number of hydrogen-bond donors (Lipinski definition) is 0. The minimum absolute atomic E-state index is 0.880. The Kier molecular flexibility index (Phi) is 5.81. The molecule has 1 aliphatic rings. The number of anilines is 3. The lowest BCUT2D eigenvalue weighted by molar-refractivity contribution is 0.669. The second-order valence-electron chi connectivity index (χ2n) is 11.9. The molecular weight excluding hydrogens is 593 g/mol. The molecule has 0 spiro atoms. The van der Waals surface area contributed by atoms with E-state index in [-0.39, 0.29) is 0 Å². The minimum Gasteiger partial charge on any atom is -0.456 e. The Morgan fingerprint density at radius 1 is 0.468 bits per heavy atom. The zero-order valence-corrected chi connectivity index (χ0v) is 26.0. The van der Waals surface area contributed by atoms with E-state index in [2.05, 4.69) is 157 Å². The van der Waals surface area contributed by atoms with Crippen molar-refractivity contribution in [1.29, 1.82) is 0 Å². The van der Waals surface area contributed by atoms with Gasteiger partial charge in [-0.1, -0.05) is 103 Å². The molecule has 0 amide bonds. The number of aromatic nitrogens is 1. The highest BCUT2D eigenvalue weighted by Crippen LogP contribution is 2.51. The van der Waals surface area contributed by atoms with Gasteiger partial charge in [0.25, 0.3) is 0 Å². The Labute approximate surface area is 275 Å². The third kappa shape index (κ3) is 4.12. The lowest BCUT2D eigenvalue weighted by atomic mass is 9.95. The molecule has 3 nitrogen and oxygen atoms in total. The van der Waals surface area contributed by atoms with Gasteiger partial charge >= 0.3 is 0 Å². The maximum atomic E-state index is 6.51. The number of nitrogens with zero attached hydrogens (tertiary/aromatic N) is 2. The average molecular weight is 619 g/mol. The number of rotatable bonds is 3. The number of hydrogen-bond acceptors (Lipinski definition) is 4. The Bertz CT molecular complexity index is 2630. The summed E-state index contributed by atoms with van der Waals surface area (Å²) in [6.07, 6.45) is 0. The Hall–Kier alpha value is -5.84. The third-order valence-electron chi connectivity index (χ3n) is 9.21. The van der Waals surface area contributed by atoms with E-state index in [0.717, 1.165) is 66.3 Å². The summed E-state index contributed by atoms with van der Waals surface area (Å²) in [4.78, 5) is 10.1. The Morgan fingerprint density at radius 3 is 1.98 bits per heavy atom. The molecule has 220 valence electrons. The SMILES string of the molecule is c1ccc(-c2nc3ccccc3c3c2ccc2oc4ccc(-c5cccc(N6c7ccccc7Sc7ccccc76)c5)cc4c23)cc1. The molecular formula is C43H26N2OS. The molecule has 9 aromatic rings. The second kappa shape index (κ2) is 10.3. The van der Waals surface area contributed by atoms with E-state index in [0.29, 0.717) is 0 Å². The van der Waals surface area contributed by atoms with Gasteiger partial charge in [-0.25, -0.2) is 4.98 Å². The first-order valence-corrected chi connectivity index (χ1v) is 16.6. The fourth-order valence-corrected chi connectivity index (χ4v) is 8.17. The van der Waals surface area contributed by atoms with E-state index in [4.69, 9.17) is 9.40 Å². The maximum Gasteiger partial charge on any atom is 0.136 e. The van der Waals surface area contributed by atoms with Crippen LogP contribution in [0.2, 0.25) is 0 Å². The highest BCUT2D eigenvalue weighted by atomic mass is 32.2. The van der Waals surface area contributed by atoms with Gasteiger partial charge < -0.3 is 9.32 Å². The lowest BCUT2D eigenvalue weighted by Crippen LogP contribution is -2.14. The summed E-state index contributed by atoms with van der Waals surface area (Å²) in [5, 5.41) is 5.66. The van der Waals surface area contributed by atoms with Crippen molar-refractivity contribution in [3.8, 4) is 22.4 Å². The first kappa shape index (κ1) is 26.4. The summed E-state index contributed by atoms with van der Waals surface area (Å²) in [6, 6.07) is 55.9. The van der Waals surface area contributed by atoms with E-state index < -0.39 is 0 Å². The van der Waals surface area contributed by atoms with Gasteiger partial charge in [0.1, 0.15) is 11.2 Å². The van der Waals surface area contributed by atoms with E-state index in [9.17, 15) is 0 Å². The number of pyridine rings is 1. The van der Waals surface area contributed by atoms with Crippen molar-refractivity contribution in [3.05, 3.63) is 158 Å². The Balaban J connectivity index is 1.19. The van der Waals surface area contributed by atoms with Gasteiger partial charge in [-0.3, -0.25) is 0 Å². The van der Waals surface area contributed by atoms with Crippen LogP contribution in [0.15, 0.2) is 172 Å². The second-order valence-corrected chi connectivity index (χ2v) is 13.0. The first-order chi connectivity index (χ1) is 23.3. The summed E-state index contributed by atoms with van der Waals surface area (Å²) < 4.78 is 6.51. The normalized spacial score (nSPS) is 12.6. The van der Waals surface area contributed by atoms with Crippen LogP contribution >= 0.6 is 11.8 Å². The van der Waals surface area contributed by atoms with Crippen LogP contribution in [0.3, 0.4) is 0 Å².